The molecule has 0 fully saturated rings. The topological polar surface area (TPSA) is 63.8 Å². The summed E-state index contributed by atoms with van der Waals surface area (Å²) < 4.78 is 4.25. The Labute approximate surface area is 119 Å². The van der Waals surface area contributed by atoms with E-state index < -0.39 is 0 Å². The van der Waals surface area contributed by atoms with Crippen LogP contribution in [0, 0.1) is 0 Å². The van der Waals surface area contributed by atoms with Crippen molar-refractivity contribution >= 4 is 51.2 Å². The number of benzene rings is 1. The number of nitrogens with one attached hydrogen (secondary N) is 1. The van der Waals surface area contributed by atoms with E-state index in [2.05, 4.69) is 14.7 Å². The second-order valence-electron chi connectivity index (χ2n) is 4.09. The summed E-state index contributed by atoms with van der Waals surface area (Å²) in [4.78, 5) is 4.37. The van der Waals surface area contributed by atoms with Gasteiger partial charge in [0.1, 0.15) is 5.82 Å². The highest BCUT2D eigenvalue weighted by atomic mass is 35.5. The Hall–Kier alpha value is -1.04. The van der Waals surface area contributed by atoms with Gasteiger partial charge in [-0.15, -0.1) is 0 Å². The van der Waals surface area contributed by atoms with Gasteiger partial charge in [-0.25, -0.2) is 4.98 Å². The second-order valence-corrected chi connectivity index (χ2v) is 5.66. The van der Waals surface area contributed by atoms with Gasteiger partial charge in [0.15, 0.2) is 0 Å². The lowest BCUT2D eigenvalue weighted by atomic mass is 10.2. The van der Waals surface area contributed by atoms with Crippen LogP contribution in [0.1, 0.15) is 25.6 Å². The Kier molecular flexibility index (Phi) is 3.94. The molecule has 18 heavy (non-hydrogen) atoms. The van der Waals surface area contributed by atoms with Crippen molar-refractivity contribution in [2.45, 2.75) is 19.8 Å². The Morgan fingerprint density at radius 1 is 1.28 bits per heavy atom. The van der Waals surface area contributed by atoms with Crippen LogP contribution in [0.2, 0.25) is 10.0 Å². The van der Waals surface area contributed by atoms with Gasteiger partial charge in [-0.1, -0.05) is 37.0 Å². The number of halogens is 2. The molecular formula is C11H12Cl2N4S. The van der Waals surface area contributed by atoms with Gasteiger partial charge in [0, 0.05) is 23.1 Å². The fourth-order valence-corrected chi connectivity index (χ4v) is 2.52. The molecular weight excluding hydrogens is 291 g/mol. The number of nitrogen functional groups attached to an aromatic ring is 1. The van der Waals surface area contributed by atoms with Crippen LogP contribution in [-0.2, 0) is 0 Å². The van der Waals surface area contributed by atoms with Crippen LogP contribution >= 0.6 is 34.7 Å². The molecule has 1 aromatic carbocycles. The van der Waals surface area contributed by atoms with E-state index in [9.17, 15) is 0 Å². The number of hydrogen-bond donors (Lipinski definition) is 2. The van der Waals surface area contributed by atoms with Gasteiger partial charge in [-0.3, -0.25) is 0 Å². The van der Waals surface area contributed by atoms with E-state index >= 15 is 0 Å². The van der Waals surface area contributed by atoms with Crippen LogP contribution in [0.3, 0.4) is 0 Å². The largest absolute Gasteiger partial charge is 0.396 e. The third kappa shape index (κ3) is 2.85. The van der Waals surface area contributed by atoms with Crippen molar-refractivity contribution in [3.8, 4) is 0 Å². The van der Waals surface area contributed by atoms with Crippen molar-refractivity contribution in [3.05, 3.63) is 28.0 Å². The molecule has 0 aliphatic rings. The third-order valence-corrected chi connectivity index (χ3v) is 3.56. The van der Waals surface area contributed by atoms with Gasteiger partial charge >= 0.3 is 0 Å². The average Bonchev–Trinajstić information content (AvgIpc) is 2.74. The van der Waals surface area contributed by atoms with Gasteiger partial charge in [-0.2, -0.15) is 4.37 Å². The Balaban J connectivity index is 2.23. The molecule has 96 valence electrons. The van der Waals surface area contributed by atoms with Gasteiger partial charge in [0.25, 0.3) is 0 Å². The Bertz CT molecular complexity index is 545. The first kappa shape index (κ1) is 13.4. The van der Waals surface area contributed by atoms with E-state index in [-0.39, 0.29) is 0 Å². The molecule has 2 rings (SSSR count). The fraction of sp³-hybridized carbons (Fsp3) is 0.273. The summed E-state index contributed by atoms with van der Waals surface area (Å²) in [5, 5.41) is 4.64. The van der Waals surface area contributed by atoms with Gasteiger partial charge < -0.3 is 11.1 Å². The molecule has 0 atom stereocenters. The molecule has 3 N–H and O–H groups in total. The van der Waals surface area contributed by atoms with Crippen LogP contribution in [0.4, 0.5) is 16.5 Å². The maximum atomic E-state index is 5.96. The van der Waals surface area contributed by atoms with Crippen molar-refractivity contribution in [1.82, 2.24) is 9.36 Å². The zero-order chi connectivity index (χ0) is 13.3. The standard InChI is InChI=1S/C11H12Cl2N4S/c1-5(2)10-16-11(18-17-10)15-6-3-7(12)9(14)8(13)4-6/h3-5H,14H2,1-2H3,(H,15,16,17). The first-order chi connectivity index (χ1) is 8.47. The minimum absolute atomic E-state index is 0.301. The lowest BCUT2D eigenvalue weighted by Gasteiger charge is -2.06. The first-order valence-electron chi connectivity index (χ1n) is 5.32. The average molecular weight is 303 g/mol. The van der Waals surface area contributed by atoms with E-state index in [1.807, 2.05) is 13.8 Å². The fourth-order valence-electron chi connectivity index (χ4n) is 1.30. The molecule has 0 spiro atoms. The quantitative estimate of drug-likeness (QED) is 0.830. The molecule has 1 aromatic heterocycles. The highest BCUT2D eigenvalue weighted by Crippen LogP contribution is 2.32. The summed E-state index contributed by atoms with van der Waals surface area (Å²) in [7, 11) is 0. The number of nitrogens with zero attached hydrogens (tertiary/aromatic N) is 2. The van der Waals surface area contributed by atoms with Crippen molar-refractivity contribution in [2.24, 2.45) is 0 Å². The molecule has 7 heteroatoms. The van der Waals surface area contributed by atoms with E-state index in [1.165, 1.54) is 11.5 Å². The number of aromatic nitrogens is 2. The highest BCUT2D eigenvalue weighted by molar-refractivity contribution is 7.09. The molecule has 1 heterocycles. The van der Waals surface area contributed by atoms with Crippen molar-refractivity contribution in [3.63, 3.8) is 0 Å². The molecule has 0 aliphatic carbocycles. The lowest BCUT2D eigenvalue weighted by molar-refractivity contribution is 0.800. The molecule has 0 radical (unpaired) electrons. The van der Waals surface area contributed by atoms with Crippen LogP contribution in [0.5, 0.6) is 0 Å². The third-order valence-electron chi connectivity index (χ3n) is 2.29. The van der Waals surface area contributed by atoms with E-state index in [1.54, 1.807) is 12.1 Å². The van der Waals surface area contributed by atoms with E-state index in [0.717, 1.165) is 11.5 Å². The zero-order valence-electron chi connectivity index (χ0n) is 9.87. The van der Waals surface area contributed by atoms with Crippen molar-refractivity contribution < 1.29 is 0 Å². The maximum absolute atomic E-state index is 5.96. The van der Waals surface area contributed by atoms with Crippen LogP contribution in [-0.4, -0.2) is 9.36 Å². The number of anilines is 3. The predicted octanol–water partition coefficient (Wildman–Crippen LogP) is 4.29. The van der Waals surface area contributed by atoms with E-state index in [4.69, 9.17) is 28.9 Å². The Morgan fingerprint density at radius 2 is 1.89 bits per heavy atom. The summed E-state index contributed by atoms with van der Waals surface area (Å²) in [5.74, 6) is 1.12. The highest BCUT2D eigenvalue weighted by Gasteiger charge is 2.09. The smallest absolute Gasteiger partial charge is 0.207 e. The molecule has 2 aromatic rings. The van der Waals surface area contributed by atoms with Gasteiger partial charge in [0.2, 0.25) is 5.13 Å². The molecule has 0 aliphatic heterocycles. The molecule has 0 unspecified atom stereocenters. The second kappa shape index (κ2) is 5.30. The zero-order valence-corrected chi connectivity index (χ0v) is 12.2. The predicted molar refractivity (Wildman–Crippen MR) is 78.2 cm³/mol. The Morgan fingerprint density at radius 3 is 2.39 bits per heavy atom. The van der Waals surface area contributed by atoms with Gasteiger partial charge in [-0.05, 0) is 12.1 Å². The minimum atomic E-state index is 0.301. The summed E-state index contributed by atoms with van der Waals surface area (Å²) in [6.07, 6.45) is 0. The van der Waals surface area contributed by atoms with E-state index in [0.29, 0.717) is 26.8 Å². The number of nitrogens with two attached hydrogens (primary N) is 1. The minimum Gasteiger partial charge on any atom is -0.396 e. The summed E-state index contributed by atoms with van der Waals surface area (Å²) in [5.41, 5.74) is 6.79. The molecule has 0 amide bonds. The molecule has 0 saturated heterocycles. The van der Waals surface area contributed by atoms with Crippen LogP contribution in [0.25, 0.3) is 0 Å². The molecule has 0 bridgehead atoms. The van der Waals surface area contributed by atoms with Crippen molar-refractivity contribution in [1.29, 1.82) is 0 Å². The monoisotopic (exact) mass is 302 g/mol. The molecule has 0 saturated carbocycles. The molecule has 4 nitrogen and oxygen atoms in total. The number of rotatable bonds is 3. The normalized spacial score (nSPS) is 10.9. The van der Waals surface area contributed by atoms with Crippen LogP contribution < -0.4 is 11.1 Å². The maximum Gasteiger partial charge on any atom is 0.207 e. The SMILES string of the molecule is CC(C)c1nsc(Nc2cc(Cl)c(N)c(Cl)c2)n1. The summed E-state index contributed by atoms with van der Waals surface area (Å²) in [6, 6.07) is 3.42. The van der Waals surface area contributed by atoms with Crippen LogP contribution in [0.15, 0.2) is 12.1 Å². The summed E-state index contributed by atoms with van der Waals surface area (Å²) in [6.45, 7) is 4.09. The van der Waals surface area contributed by atoms with Crippen molar-refractivity contribution in [2.75, 3.05) is 11.1 Å². The van der Waals surface area contributed by atoms with Gasteiger partial charge in [0.05, 0.1) is 15.7 Å². The summed E-state index contributed by atoms with van der Waals surface area (Å²) >= 11 is 13.2. The number of hydrogen-bond acceptors (Lipinski definition) is 5. The lowest BCUT2D eigenvalue weighted by Crippen LogP contribution is -1.94. The first-order valence-corrected chi connectivity index (χ1v) is 6.85.